The van der Waals surface area contributed by atoms with Crippen molar-refractivity contribution in [1.82, 2.24) is 0 Å². The van der Waals surface area contributed by atoms with Crippen LogP contribution in [0, 0.1) is 5.92 Å². The quantitative estimate of drug-likeness (QED) is 0.824. The summed E-state index contributed by atoms with van der Waals surface area (Å²) in [6.45, 7) is 0. The van der Waals surface area contributed by atoms with E-state index in [-0.39, 0.29) is 6.04 Å². The van der Waals surface area contributed by atoms with Gasteiger partial charge in [-0.1, -0.05) is 36.8 Å². The molecule has 2 heteroatoms. The molecule has 1 aliphatic rings. The van der Waals surface area contributed by atoms with Gasteiger partial charge in [-0.05, 0) is 24.8 Å². The van der Waals surface area contributed by atoms with Gasteiger partial charge >= 0.3 is 0 Å². The molecule has 2 rings (SSSR count). The van der Waals surface area contributed by atoms with Crippen LogP contribution in [0.2, 0.25) is 0 Å². The topological polar surface area (TPSA) is 43.1 Å². The van der Waals surface area contributed by atoms with Crippen molar-refractivity contribution >= 4 is 5.78 Å². The third kappa shape index (κ3) is 2.70. The van der Waals surface area contributed by atoms with E-state index in [9.17, 15) is 4.79 Å². The van der Waals surface area contributed by atoms with Crippen molar-refractivity contribution in [3.8, 4) is 0 Å². The minimum atomic E-state index is 0.00484. The van der Waals surface area contributed by atoms with E-state index >= 15 is 0 Å². The average molecular weight is 217 g/mol. The van der Waals surface area contributed by atoms with Gasteiger partial charge in [-0.15, -0.1) is 0 Å². The molecule has 0 amide bonds. The first kappa shape index (κ1) is 11.3. The molecular weight excluding hydrogens is 198 g/mol. The Morgan fingerprint density at radius 3 is 2.56 bits per heavy atom. The molecule has 0 radical (unpaired) electrons. The summed E-state index contributed by atoms with van der Waals surface area (Å²) < 4.78 is 0. The molecule has 1 atom stereocenters. The van der Waals surface area contributed by atoms with Crippen LogP contribution in [-0.4, -0.2) is 5.78 Å². The monoisotopic (exact) mass is 217 g/mol. The van der Waals surface area contributed by atoms with Crippen LogP contribution >= 0.6 is 0 Å². The molecular formula is C14H19NO. The smallest absolute Gasteiger partial charge is 0.136 e. The van der Waals surface area contributed by atoms with Crippen LogP contribution in [0.4, 0.5) is 0 Å². The largest absolute Gasteiger partial charge is 0.324 e. The zero-order valence-electron chi connectivity index (χ0n) is 9.56. The molecule has 2 nitrogen and oxygen atoms in total. The minimum absolute atomic E-state index is 0.00484. The van der Waals surface area contributed by atoms with Crippen LogP contribution in [-0.2, 0) is 4.79 Å². The summed E-state index contributed by atoms with van der Waals surface area (Å²) in [6.07, 6.45) is 4.83. The average Bonchev–Trinajstić information content (AvgIpc) is 2.25. The van der Waals surface area contributed by atoms with Gasteiger partial charge in [-0.25, -0.2) is 0 Å². The van der Waals surface area contributed by atoms with Crippen LogP contribution < -0.4 is 5.73 Å². The van der Waals surface area contributed by atoms with E-state index < -0.39 is 0 Å². The highest BCUT2D eigenvalue weighted by atomic mass is 16.1. The Morgan fingerprint density at radius 1 is 1.31 bits per heavy atom. The van der Waals surface area contributed by atoms with Crippen molar-refractivity contribution in [2.45, 2.75) is 38.1 Å². The molecule has 1 aliphatic carbocycles. The lowest BCUT2D eigenvalue weighted by molar-refractivity contribution is -0.125. The molecule has 2 N–H and O–H groups in total. The van der Waals surface area contributed by atoms with Gasteiger partial charge in [0.1, 0.15) is 5.78 Å². The second kappa shape index (κ2) is 5.26. The summed E-state index contributed by atoms with van der Waals surface area (Å²) >= 11 is 0. The van der Waals surface area contributed by atoms with Crippen molar-refractivity contribution in [1.29, 1.82) is 0 Å². The molecule has 1 saturated carbocycles. The molecule has 1 fully saturated rings. The number of rotatable bonds is 5. The number of benzene rings is 1. The van der Waals surface area contributed by atoms with Crippen LogP contribution in [0.25, 0.3) is 0 Å². The Balaban J connectivity index is 1.79. The fourth-order valence-corrected chi connectivity index (χ4v) is 2.10. The molecule has 0 aromatic heterocycles. The number of ketones is 1. The minimum Gasteiger partial charge on any atom is -0.324 e. The highest BCUT2D eigenvalue weighted by Gasteiger charge is 2.24. The maximum absolute atomic E-state index is 11.7. The van der Waals surface area contributed by atoms with Crippen molar-refractivity contribution in [3.05, 3.63) is 35.9 Å². The number of carbonyl (C=O) groups is 1. The van der Waals surface area contributed by atoms with E-state index in [0.717, 1.165) is 24.8 Å². The van der Waals surface area contributed by atoms with Crippen LogP contribution in [0.15, 0.2) is 30.3 Å². The van der Waals surface area contributed by atoms with Crippen molar-refractivity contribution < 1.29 is 4.79 Å². The molecule has 1 aromatic rings. The second-order valence-electron chi connectivity index (χ2n) is 4.65. The maximum atomic E-state index is 11.7. The van der Waals surface area contributed by atoms with E-state index in [2.05, 4.69) is 0 Å². The van der Waals surface area contributed by atoms with E-state index in [1.54, 1.807) is 0 Å². The molecule has 0 saturated heterocycles. The highest BCUT2D eigenvalue weighted by Crippen LogP contribution is 2.29. The number of Topliss-reactive ketones (excluding diaryl/α,β-unsaturated/α-hetero) is 1. The van der Waals surface area contributed by atoms with Gasteiger partial charge in [0.15, 0.2) is 0 Å². The Labute approximate surface area is 96.8 Å². The first-order chi connectivity index (χ1) is 7.77. The van der Waals surface area contributed by atoms with Gasteiger partial charge < -0.3 is 5.73 Å². The summed E-state index contributed by atoms with van der Waals surface area (Å²) in [6, 6.07) is 10.0. The lowest BCUT2D eigenvalue weighted by Gasteiger charge is -2.24. The summed E-state index contributed by atoms with van der Waals surface area (Å²) in [7, 11) is 0. The Morgan fingerprint density at radius 2 is 2.00 bits per heavy atom. The Hall–Kier alpha value is -1.15. The van der Waals surface area contributed by atoms with Gasteiger partial charge in [0.05, 0.1) is 0 Å². The van der Waals surface area contributed by atoms with Crippen molar-refractivity contribution in [2.75, 3.05) is 0 Å². The zero-order chi connectivity index (χ0) is 11.4. The normalized spacial score (nSPS) is 17.8. The number of hydrogen-bond donors (Lipinski definition) is 1. The van der Waals surface area contributed by atoms with E-state index in [0.29, 0.717) is 18.1 Å². The van der Waals surface area contributed by atoms with Gasteiger partial charge in [-0.2, -0.15) is 0 Å². The second-order valence-corrected chi connectivity index (χ2v) is 4.65. The van der Waals surface area contributed by atoms with Gasteiger partial charge in [0.2, 0.25) is 0 Å². The molecule has 86 valence electrons. The van der Waals surface area contributed by atoms with Gasteiger partial charge in [-0.3, -0.25) is 4.79 Å². The molecule has 16 heavy (non-hydrogen) atoms. The summed E-state index contributed by atoms with van der Waals surface area (Å²) in [5, 5.41) is 0. The van der Waals surface area contributed by atoms with Crippen molar-refractivity contribution in [2.24, 2.45) is 11.7 Å². The lowest BCUT2D eigenvalue weighted by Crippen LogP contribution is -2.23. The first-order valence-electron chi connectivity index (χ1n) is 6.10. The summed E-state index contributed by atoms with van der Waals surface area (Å²) in [5.41, 5.74) is 7.18. The highest BCUT2D eigenvalue weighted by molar-refractivity contribution is 5.81. The van der Waals surface area contributed by atoms with E-state index in [1.165, 1.54) is 6.42 Å². The number of carbonyl (C=O) groups excluding carboxylic acids is 1. The van der Waals surface area contributed by atoms with Crippen LogP contribution in [0.3, 0.4) is 0 Å². The number of nitrogens with two attached hydrogens (primary N) is 1. The predicted molar refractivity (Wildman–Crippen MR) is 65.0 cm³/mol. The molecule has 0 spiro atoms. The molecule has 1 unspecified atom stereocenters. The summed E-state index contributed by atoms with van der Waals surface area (Å²) in [4.78, 5) is 11.7. The van der Waals surface area contributed by atoms with Gasteiger partial charge in [0, 0.05) is 18.4 Å². The van der Waals surface area contributed by atoms with E-state index in [4.69, 9.17) is 5.73 Å². The SMILES string of the molecule is NC(CCC(=O)C1CCC1)c1ccccc1. The molecule has 0 bridgehead atoms. The molecule has 0 aliphatic heterocycles. The molecule has 0 heterocycles. The zero-order valence-corrected chi connectivity index (χ0v) is 9.56. The third-order valence-corrected chi connectivity index (χ3v) is 3.49. The Kier molecular flexibility index (Phi) is 3.73. The van der Waals surface area contributed by atoms with Crippen LogP contribution in [0.5, 0.6) is 0 Å². The molecule has 1 aromatic carbocycles. The lowest BCUT2D eigenvalue weighted by atomic mass is 9.80. The fourth-order valence-electron chi connectivity index (χ4n) is 2.10. The van der Waals surface area contributed by atoms with E-state index in [1.807, 2.05) is 30.3 Å². The van der Waals surface area contributed by atoms with Crippen molar-refractivity contribution in [3.63, 3.8) is 0 Å². The number of hydrogen-bond acceptors (Lipinski definition) is 2. The third-order valence-electron chi connectivity index (χ3n) is 3.49. The fraction of sp³-hybridized carbons (Fsp3) is 0.500. The summed E-state index contributed by atoms with van der Waals surface area (Å²) in [5.74, 6) is 0.764. The van der Waals surface area contributed by atoms with Gasteiger partial charge in [0.25, 0.3) is 0 Å². The standard InChI is InChI=1S/C14H19NO/c15-13(11-5-2-1-3-6-11)9-10-14(16)12-7-4-8-12/h1-3,5-6,12-13H,4,7-10,15H2. The Bertz CT molecular complexity index is 343. The van der Waals surface area contributed by atoms with Crippen LogP contribution in [0.1, 0.15) is 43.7 Å². The maximum Gasteiger partial charge on any atom is 0.136 e. The first-order valence-corrected chi connectivity index (χ1v) is 6.10. The predicted octanol–water partition coefficient (Wildman–Crippen LogP) is 2.84.